The first-order chi connectivity index (χ1) is 11.4. The van der Waals surface area contributed by atoms with Crippen molar-refractivity contribution in [3.63, 3.8) is 0 Å². The molecule has 0 radical (unpaired) electrons. The third kappa shape index (κ3) is 4.74. The lowest BCUT2D eigenvalue weighted by atomic mass is 10.2. The monoisotopic (exact) mass is 397 g/mol. The van der Waals surface area contributed by atoms with E-state index >= 15 is 0 Å². The van der Waals surface area contributed by atoms with Crippen molar-refractivity contribution < 1.29 is 13.5 Å². The molecule has 128 valence electrons. The van der Waals surface area contributed by atoms with E-state index in [1.165, 1.54) is 6.07 Å². The Morgan fingerprint density at radius 3 is 2.71 bits per heavy atom. The minimum atomic E-state index is -0.899. The van der Waals surface area contributed by atoms with E-state index < -0.39 is 11.6 Å². The highest BCUT2D eigenvalue weighted by Crippen LogP contribution is 2.30. The minimum absolute atomic E-state index is 0.0867. The standard InChI is InChI=1S/C17H18BrF2N3O/c1-4-23(3)10-21-16-8-13(18)17(22-11(16)2)24-9-12-5-6-14(19)15(20)7-12/h5-8,10H,4,9H2,1-3H3. The smallest absolute Gasteiger partial charge is 0.228 e. The Hall–Kier alpha value is -2.02. The van der Waals surface area contributed by atoms with Crippen LogP contribution in [0.25, 0.3) is 0 Å². The molecule has 2 rings (SSSR count). The number of hydrogen-bond acceptors (Lipinski definition) is 3. The number of halogens is 3. The fourth-order valence-electron chi connectivity index (χ4n) is 1.80. The molecule has 0 spiro atoms. The third-order valence-electron chi connectivity index (χ3n) is 3.36. The van der Waals surface area contributed by atoms with E-state index in [2.05, 4.69) is 25.9 Å². The Bertz CT molecular complexity index is 753. The molecule has 0 amide bonds. The number of pyridine rings is 1. The lowest BCUT2D eigenvalue weighted by Gasteiger charge is -2.11. The van der Waals surface area contributed by atoms with Crippen LogP contribution in [0.2, 0.25) is 0 Å². The third-order valence-corrected chi connectivity index (χ3v) is 3.93. The summed E-state index contributed by atoms with van der Waals surface area (Å²) in [6.45, 7) is 4.80. The summed E-state index contributed by atoms with van der Waals surface area (Å²) >= 11 is 3.40. The molecule has 2 aromatic rings. The average molecular weight is 398 g/mol. The van der Waals surface area contributed by atoms with Gasteiger partial charge >= 0.3 is 0 Å². The molecule has 24 heavy (non-hydrogen) atoms. The molecule has 4 nitrogen and oxygen atoms in total. The van der Waals surface area contributed by atoms with E-state index in [0.717, 1.165) is 24.4 Å². The average Bonchev–Trinajstić information content (AvgIpc) is 2.56. The molecule has 0 N–H and O–H groups in total. The van der Waals surface area contributed by atoms with Crippen LogP contribution in [-0.2, 0) is 6.61 Å². The number of aromatic nitrogens is 1. The Balaban J connectivity index is 2.12. The van der Waals surface area contributed by atoms with E-state index in [4.69, 9.17) is 4.74 Å². The van der Waals surface area contributed by atoms with Gasteiger partial charge in [-0.15, -0.1) is 0 Å². The maximum atomic E-state index is 13.2. The summed E-state index contributed by atoms with van der Waals surface area (Å²) in [4.78, 5) is 10.7. The van der Waals surface area contributed by atoms with Crippen LogP contribution in [0.1, 0.15) is 18.2 Å². The van der Waals surface area contributed by atoms with Crippen LogP contribution >= 0.6 is 15.9 Å². The predicted molar refractivity (Wildman–Crippen MR) is 93.8 cm³/mol. The molecule has 0 aliphatic heterocycles. The van der Waals surface area contributed by atoms with Crippen LogP contribution in [0.3, 0.4) is 0 Å². The lowest BCUT2D eigenvalue weighted by molar-refractivity contribution is 0.290. The topological polar surface area (TPSA) is 37.7 Å². The fourth-order valence-corrected chi connectivity index (χ4v) is 2.22. The summed E-state index contributed by atoms with van der Waals surface area (Å²) in [6, 6.07) is 5.46. The zero-order valence-corrected chi connectivity index (χ0v) is 15.3. The van der Waals surface area contributed by atoms with Crippen molar-refractivity contribution in [1.29, 1.82) is 0 Å². The quantitative estimate of drug-likeness (QED) is 0.527. The Labute approximate surface area is 148 Å². The van der Waals surface area contributed by atoms with Gasteiger partial charge in [0.2, 0.25) is 5.88 Å². The second-order valence-corrected chi connectivity index (χ2v) is 6.09. The van der Waals surface area contributed by atoms with Gasteiger partial charge < -0.3 is 9.64 Å². The highest BCUT2D eigenvalue weighted by molar-refractivity contribution is 9.10. The summed E-state index contributed by atoms with van der Waals surface area (Å²) in [5.74, 6) is -1.41. The molecule has 0 bridgehead atoms. The van der Waals surface area contributed by atoms with Crippen LogP contribution in [0, 0.1) is 18.6 Å². The van der Waals surface area contributed by atoms with Crippen molar-refractivity contribution in [3.05, 3.63) is 51.6 Å². The van der Waals surface area contributed by atoms with Gasteiger partial charge in [-0.1, -0.05) is 6.07 Å². The van der Waals surface area contributed by atoms with E-state index in [9.17, 15) is 8.78 Å². The number of rotatable bonds is 6. The van der Waals surface area contributed by atoms with Gasteiger partial charge in [0.15, 0.2) is 11.6 Å². The summed E-state index contributed by atoms with van der Waals surface area (Å²) in [5.41, 5.74) is 1.95. The molecule has 0 unspecified atom stereocenters. The van der Waals surface area contributed by atoms with Crippen LogP contribution in [-0.4, -0.2) is 29.8 Å². The van der Waals surface area contributed by atoms with Gasteiger partial charge in [0.1, 0.15) is 6.61 Å². The maximum absolute atomic E-state index is 13.2. The van der Waals surface area contributed by atoms with Crippen molar-refractivity contribution in [2.45, 2.75) is 20.5 Å². The first-order valence-corrected chi connectivity index (χ1v) is 8.18. The molecule has 1 aromatic carbocycles. The predicted octanol–water partition coefficient (Wildman–Crippen LogP) is 4.62. The molecular formula is C17H18BrF2N3O. The summed E-state index contributed by atoms with van der Waals surface area (Å²) in [7, 11) is 1.93. The highest BCUT2D eigenvalue weighted by atomic mass is 79.9. The van der Waals surface area contributed by atoms with E-state index in [1.807, 2.05) is 31.9 Å². The first-order valence-electron chi connectivity index (χ1n) is 7.39. The van der Waals surface area contributed by atoms with Gasteiger partial charge in [-0.2, -0.15) is 0 Å². The van der Waals surface area contributed by atoms with Crippen LogP contribution in [0.15, 0.2) is 33.7 Å². The highest BCUT2D eigenvalue weighted by Gasteiger charge is 2.09. The largest absolute Gasteiger partial charge is 0.472 e. The van der Waals surface area contributed by atoms with Crippen molar-refractivity contribution in [2.24, 2.45) is 4.99 Å². The molecule has 1 aromatic heterocycles. The summed E-state index contributed by atoms with van der Waals surface area (Å²) < 4.78 is 32.4. The van der Waals surface area contributed by atoms with E-state index in [1.54, 1.807) is 6.34 Å². The first kappa shape index (κ1) is 18.3. The van der Waals surface area contributed by atoms with Gasteiger partial charge in [-0.25, -0.2) is 18.8 Å². The van der Waals surface area contributed by atoms with Gasteiger partial charge in [0.05, 0.1) is 22.2 Å². The molecule has 0 aliphatic rings. The van der Waals surface area contributed by atoms with Crippen molar-refractivity contribution >= 4 is 28.0 Å². The second-order valence-electron chi connectivity index (χ2n) is 5.23. The van der Waals surface area contributed by atoms with Crippen LogP contribution < -0.4 is 4.74 Å². The lowest BCUT2D eigenvalue weighted by Crippen LogP contribution is -2.14. The van der Waals surface area contributed by atoms with Gasteiger partial charge in [-0.05, 0) is 53.5 Å². The number of ether oxygens (including phenoxy) is 1. The molecule has 0 saturated heterocycles. The fraction of sp³-hybridized carbons (Fsp3) is 0.294. The van der Waals surface area contributed by atoms with E-state index in [0.29, 0.717) is 21.6 Å². The number of nitrogens with zero attached hydrogens (tertiary/aromatic N) is 3. The molecule has 0 aliphatic carbocycles. The number of aliphatic imine (C=N–C) groups is 1. The molecule has 7 heteroatoms. The molecule has 0 atom stereocenters. The summed E-state index contributed by atoms with van der Waals surface area (Å²) in [6.07, 6.45) is 1.73. The molecule has 0 saturated carbocycles. The van der Waals surface area contributed by atoms with Gasteiger partial charge in [0.25, 0.3) is 0 Å². The van der Waals surface area contributed by atoms with Gasteiger partial charge in [-0.3, -0.25) is 0 Å². The molecular weight excluding hydrogens is 380 g/mol. The maximum Gasteiger partial charge on any atom is 0.228 e. The zero-order chi connectivity index (χ0) is 17.7. The SMILES string of the molecule is CCN(C)C=Nc1cc(Br)c(OCc2ccc(F)c(F)c2)nc1C. The van der Waals surface area contributed by atoms with Crippen LogP contribution in [0.5, 0.6) is 5.88 Å². The normalized spacial score (nSPS) is 11.1. The Morgan fingerprint density at radius 2 is 2.04 bits per heavy atom. The van der Waals surface area contributed by atoms with E-state index in [-0.39, 0.29) is 6.61 Å². The van der Waals surface area contributed by atoms with Crippen molar-refractivity contribution in [3.8, 4) is 5.88 Å². The summed E-state index contributed by atoms with van der Waals surface area (Å²) in [5, 5.41) is 0. The second kappa shape index (κ2) is 8.19. The van der Waals surface area contributed by atoms with Gasteiger partial charge in [0, 0.05) is 13.6 Å². The molecule has 1 heterocycles. The van der Waals surface area contributed by atoms with Crippen molar-refractivity contribution in [2.75, 3.05) is 13.6 Å². The zero-order valence-electron chi connectivity index (χ0n) is 13.7. The number of benzene rings is 1. The molecule has 0 fully saturated rings. The van der Waals surface area contributed by atoms with Crippen molar-refractivity contribution in [1.82, 2.24) is 9.88 Å². The Morgan fingerprint density at radius 1 is 1.29 bits per heavy atom. The van der Waals surface area contributed by atoms with Crippen LogP contribution in [0.4, 0.5) is 14.5 Å². The number of hydrogen-bond donors (Lipinski definition) is 0. The minimum Gasteiger partial charge on any atom is -0.472 e. The Kier molecular flexibility index (Phi) is 6.25. The number of aryl methyl sites for hydroxylation is 1.